The Kier molecular flexibility index (Phi) is 7.93. The average Bonchev–Trinajstić information content (AvgIpc) is 3.07. The van der Waals surface area contributed by atoms with E-state index in [1.807, 2.05) is 30.3 Å². The molecule has 3 N–H and O–H groups in total. The minimum Gasteiger partial charge on any atom is -0.464 e. The van der Waals surface area contributed by atoms with Crippen LogP contribution in [-0.2, 0) is 11.2 Å². The SMILES string of the molecule is CC1CCCN1C(C=O)(Cc1ccccc1)N(SCCCCN)C(=O)O. The molecule has 26 heavy (non-hydrogen) atoms. The van der Waals surface area contributed by atoms with Gasteiger partial charge in [-0.25, -0.2) is 9.10 Å². The Balaban J connectivity index is 2.35. The third-order valence-corrected chi connectivity index (χ3v) is 6.09. The van der Waals surface area contributed by atoms with Crippen LogP contribution in [0.25, 0.3) is 0 Å². The van der Waals surface area contributed by atoms with Gasteiger partial charge in [-0.15, -0.1) is 0 Å². The van der Waals surface area contributed by atoms with Crippen molar-refractivity contribution in [2.24, 2.45) is 5.73 Å². The number of carboxylic acid groups (broad SMARTS) is 1. The van der Waals surface area contributed by atoms with Crippen molar-refractivity contribution >= 4 is 24.3 Å². The maximum absolute atomic E-state index is 12.4. The predicted octanol–water partition coefficient (Wildman–Crippen LogP) is 2.98. The molecule has 0 bridgehead atoms. The molecule has 144 valence electrons. The summed E-state index contributed by atoms with van der Waals surface area (Å²) >= 11 is 1.21. The maximum atomic E-state index is 12.4. The van der Waals surface area contributed by atoms with Crippen molar-refractivity contribution in [2.75, 3.05) is 18.8 Å². The highest BCUT2D eigenvalue weighted by atomic mass is 32.2. The molecule has 0 spiro atoms. The van der Waals surface area contributed by atoms with Crippen LogP contribution in [0.3, 0.4) is 0 Å². The number of carbonyl (C=O) groups is 2. The van der Waals surface area contributed by atoms with E-state index in [4.69, 9.17) is 5.73 Å². The molecule has 0 radical (unpaired) electrons. The smallest absolute Gasteiger partial charge is 0.419 e. The first kappa shape index (κ1) is 20.7. The van der Waals surface area contributed by atoms with Crippen LogP contribution < -0.4 is 5.73 Å². The second-order valence-electron chi connectivity index (χ2n) is 6.75. The van der Waals surface area contributed by atoms with Gasteiger partial charge in [0.1, 0.15) is 0 Å². The lowest BCUT2D eigenvalue weighted by Crippen LogP contribution is -2.63. The molecule has 2 unspecified atom stereocenters. The van der Waals surface area contributed by atoms with E-state index in [1.54, 1.807) is 0 Å². The fourth-order valence-electron chi connectivity index (χ4n) is 3.59. The van der Waals surface area contributed by atoms with Crippen molar-refractivity contribution in [1.29, 1.82) is 0 Å². The summed E-state index contributed by atoms with van der Waals surface area (Å²) < 4.78 is 1.27. The van der Waals surface area contributed by atoms with E-state index >= 15 is 0 Å². The lowest BCUT2D eigenvalue weighted by Gasteiger charge is -2.45. The molecule has 1 fully saturated rings. The van der Waals surface area contributed by atoms with Crippen molar-refractivity contribution in [3.8, 4) is 0 Å². The lowest BCUT2D eigenvalue weighted by atomic mass is 9.98. The Bertz CT molecular complexity index is 587. The first-order chi connectivity index (χ1) is 12.5. The number of hydrogen-bond acceptors (Lipinski definition) is 5. The van der Waals surface area contributed by atoms with Gasteiger partial charge in [0.25, 0.3) is 0 Å². The van der Waals surface area contributed by atoms with Crippen LogP contribution in [0.15, 0.2) is 30.3 Å². The number of rotatable bonds is 10. The van der Waals surface area contributed by atoms with Gasteiger partial charge in [0.05, 0.1) is 0 Å². The number of nitrogens with zero attached hydrogens (tertiary/aromatic N) is 2. The molecule has 0 aromatic heterocycles. The van der Waals surface area contributed by atoms with Gasteiger partial charge in [-0.2, -0.15) is 0 Å². The third kappa shape index (κ3) is 4.78. The fourth-order valence-corrected chi connectivity index (χ4v) is 4.65. The number of benzene rings is 1. The number of likely N-dealkylation sites (tertiary alicyclic amines) is 1. The zero-order valence-electron chi connectivity index (χ0n) is 15.3. The largest absolute Gasteiger partial charge is 0.464 e. The van der Waals surface area contributed by atoms with Gasteiger partial charge in [-0.3, -0.25) is 9.69 Å². The predicted molar refractivity (Wildman–Crippen MR) is 105 cm³/mol. The van der Waals surface area contributed by atoms with E-state index in [0.29, 0.717) is 18.7 Å². The molecular formula is C19H29N3O3S. The first-order valence-electron chi connectivity index (χ1n) is 9.18. The van der Waals surface area contributed by atoms with Gasteiger partial charge in [0.15, 0.2) is 11.9 Å². The Morgan fingerprint density at radius 1 is 1.42 bits per heavy atom. The molecule has 2 atom stereocenters. The summed E-state index contributed by atoms with van der Waals surface area (Å²) in [5.41, 5.74) is 5.29. The second-order valence-corrected chi connectivity index (χ2v) is 7.78. The summed E-state index contributed by atoms with van der Waals surface area (Å²) in [5, 5.41) is 9.92. The van der Waals surface area contributed by atoms with E-state index in [2.05, 4.69) is 11.8 Å². The van der Waals surface area contributed by atoms with Crippen molar-refractivity contribution in [2.45, 2.75) is 50.7 Å². The normalized spacial score (nSPS) is 19.8. The zero-order chi connectivity index (χ0) is 19.0. The van der Waals surface area contributed by atoms with Crippen LogP contribution in [0.2, 0.25) is 0 Å². The zero-order valence-corrected chi connectivity index (χ0v) is 16.2. The maximum Gasteiger partial charge on any atom is 0.419 e. The average molecular weight is 380 g/mol. The number of aldehydes is 1. The van der Waals surface area contributed by atoms with Gasteiger partial charge < -0.3 is 10.8 Å². The standard InChI is InChI=1S/C19H29N3O3S/c1-16-8-7-12-21(16)19(15-23,14-17-9-3-2-4-10-17)22(18(24)25)26-13-6-5-11-20/h2-4,9-10,15-16H,5-8,11-14,20H2,1H3,(H,24,25). The van der Waals surface area contributed by atoms with Crippen LogP contribution in [-0.4, -0.2) is 57.2 Å². The number of amides is 1. The van der Waals surface area contributed by atoms with Crippen molar-refractivity contribution in [3.05, 3.63) is 35.9 Å². The van der Waals surface area contributed by atoms with Crippen LogP contribution in [0, 0.1) is 0 Å². The minimum absolute atomic E-state index is 0.162. The molecule has 1 saturated heterocycles. The summed E-state index contributed by atoms with van der Waals surface area (Å²) in [5.74, 6) is 0.621. The fraction of sp³-hybridized carbons (Fsp3) is 0.579. The summed E-state index contributed by atoms with van der Waals surface area (Å²) in [6.07, 6.45) is 3.69. The Hall–Kier alpha value is -1.57. The molecule has 6 nitrogen and oxygen atoms in total. The first-order valence-corrected chi connectivity index (χ1v) is 10.1. The summed E-state index contributed by atoms with van der Waals surface area (Å²) in [4.78, 5) is 26.6. The van der Waals surface area contributed by atoms with Crippen molar-refractivity contribution in [1.82, 2.24) is 9.21 Å². The molecule has 7 heteroatoms. The van der Waals surface area contributed by atoms with Crippen molar-refractivity contribution < 1.29 is 14.7 Å². The van der Waals surface area contributed by atoms with Crippen LogP contribution >= 0.6 is 11.9 Å². The molecule has 1 aromatic carbocycles. The summed E-state index contributed by atoms with van der Waals surface area (Å²) in [6, 6.07) is 9.79. The molecule has 0 saturated carbocycles. The molecule has 1 aromatic rings. The van der Waals surface area contributed by atoms with Crippen molar-refractivity contribution in [3.63, 3.8) is 0 Å². The van der Waals surface area contributed by atoms with Gasteiger partial charge in [0, 0.05) is 24.8 Å². The summed E-state index contributed by atoms with van der Waals surface area (Å²) in [6.45, 7) is 3.37. The lowest BCUT2D eigenvalue weighted by molar-refractivity contribution is -0.126. The Morgan fingerprint density at radius 3 is 2.69 bits per heavy atom. The topological polar surface area (TPSA) is 86.9 Å². The highest BCUT2D eigenvalue weighted by Gasteiger charge is 2.49. The Morgan fingerprint density at radius 2 is 2.15 bits per heavy atom. The highest BCUT2D eigenvalue weighted by molar-refractivity contribution is 7.97. The van der Waals surface area contributed by atoms with Crippen LogP contribution in [0.4, 0.5) is 4.79 Å². The molecule has 1 amide bonds. The van der Waals surface area contributed by atoms with E-state index in [0.717, 1.165) is 44.1 Å². The minimum atomic E-state index is -1.20. The van der Waals surface area contributed by atoms with E-state index in [9.17, 15) is 14.7 Å². The number of hydrogen-bond donors (Lipinski definition) is 2. The van der Waals surface area contributed by atoms with E-state index in [-0.39, 0.29) is 6.04 Å². The highest BCUT2D eigenvalue weighted by Crippen LogP contribution is 2.35. The van der Waals surface area contributed by atoms with Gasteiger partial charge >= 0.3 is 6.09 Å². The number of unbranched alkanes of at least 4 members (excludes halogenated alkanes) is 1. The number of nitrogens with two attached hydrogens (primary N) is 1. The van der Waals surface area contributed by atoms with E-state index in [1.165, 1.54) is 16.3 Å². The quantitative estimate of drug-likeness (QED) is 0.369. The monoisotopic (exact) mass is 379 g/mol. The molecule has 0 aliphatic carbocycles. The molecule has 1 aliphatic rings. The molecule has 1 heterocycles. The second kappa shape index (κ2) is 9.94. The molecule has 1 aliphatic heterocycles. The Labute approximate surface area is 159 Å². The van der Waals surface area contributed by atoms with Gasteiger partial charge in [-0.1, -0.05) is 30.3 Å². The third-order valence-electron chi connectivity index (χ3n) is 4.89. The number of carbonyl (C=O) groups excluding carboxylic acids is 1. The van der Waals surface area contributed by atoms with Crippen LogP contribution in [0.1, 0.15) is 38.2 Å². The van der Waals surface area contributed by atoms with E-state index < -0.39 is 11.8 Å². The molecule has 2 rings (SSSR count). The van der Waals surface area contributed by atoms with Crippen LogP contribution in [0.5, 0.6) is 0 Å². The van der Waals surface area contributed by atoms with Gasteiger partial charge in [0.2, 0.25) is 0 Å². The van der Waals surface area contributed by atoms with Gasteiger partial charge in [-0.05, 0) is 56.7 Å². The molecular weight excluding hydrogens is 350 g/mol. The summed E-state index contributed by atoms with van der Waals surface area (Å²) in [7, 11) is 0.